The van der Waals surface area contributed by atoms with E-state index in [1.54, 1.807) is 10.9 Å². The second-order valence-corrected chi connectivity index (χ2v) is 2.37. The number of aryl methyl sites for hydroxylation is 1. The molecular weight excluding hydrogens is 130 g/mol. The Balaban J connectivity index is 2.50. The fourth-order valence-electron chi connectivity index (χ4n) is 1.16. The standard InChI is InChI=1S/C6H7N3O/c10-5-2-1-3-9-4-7-8-6(5)9/h4H,1-3H2. The van der Waals surface area contributed by atoms with E-state index >= 15 is 0 Å². The molecule has 0 saturated heterocycles. The summed E-state index contributed by atoms with van der Waals surface area (Å²) in [6.45, 7) is 0.883. The van der Waals surface area contributed by atoms with Crippen LogP contribution in [-0.2, 0) is 6.54 Å². The minimum Gasteiger partial charge on any atom is -0.311 e. The third-order valence-corrected chi connectivity index (χ3v) is 1.67. The normalized spacial score (nSPS) is 17.0. The molecule has 0 spiro atoms. The van der Waals surface area contributed by atoms with Gasteiger partial charge in [0.2, 0.25) is 0 Å². The van der Waals surface area contributed by atoms with Gasteiger partial charge in [-0.1, -0.05) is 0 Å². The SMILES string of the molecule is O=C1CCCn2cnnc21. The second-order valence-electron chi connectivity index (χ2n) is 2.37. The van der Waals surface area contributed by atoms with Gasteiger partial charge in [-0.3, -0.25) is 4.79 Å². The Hall–Kier alpha value is -1.19. The summed E-state index contributed by atoms with van der Waals surface area (Å²) in [5, 5.41) is 7.35. The molecule has 1 aliphatic heterocycles. The predicted octanol–water partition coefficient (Wildman–Crippen LogP) is 0.255. The molecule has 0 aromatic carbocycles. The summed E-state index contributed by atoms with van der Waals surface area (Å²) in [5.41, 5.74) is 0. The molecule has 4 heteroatoms. The molecule has 0 radical (unpaired) electrons. The van der Waals surface area contributed by atoms with Crippen molar-refractivity contribution in [1.29, 1.82) is 0 Å². The Morgan fingerprint density at radius 2 is 2.50 bits per heavy atom. The van der Waals surface area contributed by atoms with Crippen molar-refractivity contribution in [3.8, 4) is 0 Å². The third-order valence-electron chi connectivity index (χ3n) is 1.67. The lowest BCUT2D eigenvalue weighted by Gasteiger charge is -2.09. The Bertz CT molecular complexity index is 266. The molecule has 4 nitrogen and oxygen atoms in total. The first kappa shape index (κ1) is 5.58. The van der Waals surface area contributed by atoms with Gasteiger partial charge < -0.3 is 4.57 Å². The van der Waals surface area contributed by atoms with E-state index in [0.717, 1.165) is 13.0 Å². The average molecular weight is 137 g/mol. The van der Waals surface area contributed by atoms with Gasteiger partial charge in [0.1, 0.15) is 6.33 Å². The van der Waals surface area contributed by atoms with Crippen LogP contribution < -0.4 is 0 Å². The zero-order chi connectivity index (χ0) is 6.97. The summed E-state index contributed by atoms with van der Waals surface area (Å²) in [6, 6.07) is 0. The van der Waals surface area contributed by atoms with Crippen molar-refractivity contribution in [3.05, 3.63) is 12.2 Å². The molecule has 0 bridgehead atoms. The van der Waals surface area contributed by atoms with Gasteiger partial charge >= 0.3 is 0 Å². The first-order chi connectivity index (χ1) is 4.88. The summed E-state index contributed by atoms with van der Waals surface area (Å²) in [6.07, 6.45) is 3.15. The highest BCUT2D eigenvalue weighted by Crippen LogP contribution is 2.10. The van der Waals surface area contributed by atoms with Crippen LogP contribution in [0.1, 0.15) is 23.5 Å². The van der Waals surface area contributed by atoms with E-state index in [9.17, 15) is 4.79 Å². The lowest BCUT2D eigenvalue weighted by molar-refractivity contribution is 0.0949. The van der Waals surface area contributed by atoms with Crippen molar-refractivity contribution in [1.82, 2.24) is 14.8 Å². The first-order valence-electron chi connectivity index (χ1n) is 3.29. The van der Waals surface area contributed by atoms with E-state index in [4.69, 9.17) is 0 Å². The minimum atomic E-state index is 0.115. The van der Waals surface area contributed by atoms with Gasteiger partial charge in [0, 0.05) is 13.0 Å². The molecule has 2 heterocycles. The molecule has 0 atom stereocenters. The Morgan fingerprint density at radius 1 is 1.60 bits per heavy atom. The zero-order valence-corrected chi connectivity index (χ0v) is 5.45. The average Bonchev–Trinajstić information content (AvgIpc) is 2.36. The zero-order valence-electron chi connectivity index (χ0n) is 5.45. The largest absolute Gasteiger partial charge is 0.311 e. The van der Waals surface area contributed by atoms with Gasteiger partial charge in [0.25, 0.3) is 0 Å². The maximum Gasteiger partial charge on any atom is 0.200 e. The summed E-state index contributed by atoms with van der Waals surface area (Å²) >= 11 is 0. The van der Waals surface area contributed by atoms with Crippen molar-refractivity contribution >= 4 is 5.78 Å². The van der Waals surface area contributed by atoms with E-state index in [2.05, 4.69) is 10.2 Å². The van der Waals surface area contributed by atoms with Crippen LogP contribution in [0.3, 0.4) is 0 Å². The van der Waals surface area contributed by atoms with Gasteiger partial charge in [-0.05, 0) is 6.42 Å². The Kier molecular flexibility index (Phi) is 1.06. The molecule has 52 valence electrons. The van der Waals surface area contributed by atoms with Gasteiger partial charge in [-0.25, -0.2) is 0 Å². The number of hydrogen-bond donors (Lipinski definition) is 0. The molecule has 1 aromatic heterocycles. The van der Waals surface area contributed by atoms with Crippen LogP contribution in [0.25, 0.3) is 0 Å². The van der Waals surface area contributed by atoms with Crippen molar-refractivity contribution < 1.29 is 4.79 Å². The summed E-state index contributed by atoms with van der Waals surface area (Å²) in [5.74, 6) is 0.634. The first-order valence-corrected chi connectivity index (χ1v) is 3.29. The molecule has 2 rings (SSSR count). The molecular formula is C6H7N3O. The van der Waals surface area contributed by atoms with Gasteiger partial charge in [-0.2, -0.15) is 0 Å². The summed E-state index contributed by atoms with van der Waals surface area (Å²) < 4.78 is 1.80. The molecule has 0 aliphatic carbocycles. The van der Waals surface area contributed by atoms with Crippen LogP contribution in [0.15, 0.2) is 6.33 Å². The molecule has 0 saturated carbocycles. The van der Waals surface area contributed by atoms with Crippen LogP contribution in [0.2, 0.25) is 0 Å². The molecule has 1 aromatic rings. The number of fused-ring (bicyclic) bond motifs is 1. The van der Waals surface area contributed by atoms with Crippen molar-refractivity contribution in [3.63, 3.8) is 0 Å². The van der Waals surface area contributed by atoms with Crippen LogP contribution in [0.5, 0.6) is 0 Å². The molecule has 0 amide bonds. The minimum absolute atomic E-state index is 0.115. The van der Waals surface area contributed by atoms with Crippen LogP contribution in [0.4, 0.5) is 0 Å². The molecule has 10 heavy (non-hydrogen) atoms. The van der Waals surface area contributed by atoms with E-state index in [1.807, 2.05) is 0 Å². The number of Topliss-reactive ketones (excluding diaryl/α,β-unsaturated/α-hetero) is 1. The summed E-state index contributed by atoms with van der Waals surface area (Å²) in [4.78, 5) is 11.0. The number of aromatic nitrogens is 3. The van der Waals surface area contributed by atoms with E-state index in [-0.39, 0.29) is 5.78 Å². The van der Waals surface area contributed by atoms with Crippen LogP contribution >= 0.6 is 0 Å². The number of nitrogens with zero attached hydrogens (tertiary/aromatic N) is 3. The lowest BCUT2D eigenvalue weighted by Crippen LogP contribution is -2.16. The van der Waals surface area contributed by atoms with Crippen molar-refractivity contribution in [2.45, 2.75) is 19.4 Å². The fourth-order valence-corrected chi connectivity index (χ4v) is 1.16. The number of carbonyl (C=O) groups excluding carboxylic acids is 1. The molecule has 0 N–H and O–H groups in total. The molecule has 0 fully saturated rings. The lowest BCUT2D eigenvalue weighted by atomic mass is 10.1. The van der Waals surface area contributed by atoms with Crippen LogP contribution in [0, 0.1) is 0 Å². The second kappa shape index (κ2) is 1.90. The Labute approximate surface area is 57.9 Å². The number of carbonyl (C=O) groups is 1. The highest BCUT2D eigenvalue weighted by atomic mass is 16.1. The van der Waals surface area contributed by atoms with Crippen LogP contribution in [-0.4, -0.2) is 20.5 Å². The fraction of sp³-hybridized carbons (Fsp3) is 0.500. The third kappa shape index (κ3) is 0.650. The van der Waals surface area contributed by atoms with E-state index in [0.29, 0.717) is 12.2 Å². The number of ketones is 1. The van der Waals surface area contributed by atoms with Crippen molar-refractivity contribution in [2.75, 3.05) is 0 Å². The quantitative estimate of drug-likeness (QED) is 0.515. The van der Waals surface area contributed by atoms with Gasteiger partial charge in [0.15, 0.2) is 11.6 Å². The van der Waals surface area contributed by atoms with E-state index < -0.39 is 0 Å². The predicted molar refractivity (Wildman–Crippen MR) is 33.6 cm³/mol. The smallest absolute Gasteiger partial charge is 0.200 e. The molecule has 0 unspecified atom stereocenters. The monoisotopic (exact) mass is 137 g/mol. The van der Waals surface area contributed by atoms with Gasteiger partial charge in [-0.15, -0.1) is 10.2 Å². The Morgan fingerprint density at radius 3 is 3.30 bits per heavy atom. The highest BCUT2D eigenvalue weighted by molar-refractivity contribution is 5.93. The number of rotatable bonds is 0. The summed E-state index contributed by atoms with van der Waals surface area (Å²) in [7, 11) is 0. The molecule has 1 aliphatic rings. The van der Waals surface area contributed by atoms with Gasteiger partial charge in [0.05, 0.1) is 0 Å². The number of hydrogen-bond acceptors (Lipinski definition) is 3. The maximum atomic E-state index is 11.0. The van der Waals surface area contributed by atoms with Crippen molar-refractivity contribution in [2.24, 2.45) is 0 Å². The topological polar surface area (TPSA) is 47.8 Å². The van der Waals surface area contributed by atoms with E-state index in [1.165, 1.54) is 0 Å². The maximum absolute atomic E-state index is 11.0. The highest BCUT2D eigenvalue weighted by Gasteiger charge is 2.17.